The molecule has 8 nitrogen and oxygen atoms in total. The summed E-state index contributed by atoms with van der Waals surface area (Å²) >= 11 is 1.34. The zero-order valence-electron chi connectivity index (χ0n) is 18.0. The molecule has 0 saturated heterocycles. The zero-order chi connectivity index (χ0) is 22.8. The van der Waals surface area contributed by atoms with Crippen molar-refractivity contribution >= 4 is 50.1 Å². The highest BCUT2D eigenvalue weighted by Crippen LogP contribution is 2.29. The van der Waals surface area contributed by atoms with E-state index in [2.05, 4.69) is 10.3 Å². The van der Waals surface area contributed by atoms with Crippen LogP contribution in [0.3, 0.4) is 0 Å². The third-order valence-electron chi connectivity index (χ3n) is 4.76. The molecule has 1 atom stereocenters. The number of thioether (sulfide) groups is 1. The molecule has 3 rings (SSSR count). The summed E-state index contributed by atoms with van der Waals surface area (Å²) in [5, 5.41) is 8.44. The van der Waals surface area contributed by atoms with Gasteiger partial charge in [0.05, 0.1) is 21.2 Å². The third-order valence-corrected chi connectivity index (χ3v) is 6.76. The smallest absolute Gasteiger partial charge is 0.238 e. The van der Waals surface area contributed by atoms with Crippen LogP contribution >= 0.6 is 11.8 Å². The van der Waals surface area contributed by atoms with Crippen molar-refractivity contribution in [3.05, 3.63) is 42.5 Å². The molecule has 0 bridgehead atoms. The summed E-state index contributed by atoms with van der Waals surface area (Å²) in [5.41, 5.74) is 3.12. The number of amides is 1. The van der Waals surface area contributed by atoms with Crippen LogP contribution in [0.5, 0.6) is 0 Å². The van der Waals surface area contributed by atoms with Gasteiger partial charge in [0, 0.05) is 32.0 Å². The molecule has 2 aromatic carbocycles. The van der Waals surface area contributed by atoms with E-state index < -0.39 is 15.3 Å². The second-order valence-electron chi connectivity index (χ2n) is 7.43. The van der Waals surface area contributed by atoms with Gasteiger partial charge in [0.15, 0.2) is 5.16 Å². The number of fused-ring (bicyclic) bond motifs is 1. The van der Waals surface area contributed by atoms with Crippen molar-refractivity contribution in [2.45, 2.75) is 42.1 Å². The number of rotatable bonds is 8. The molecule has 0 saturated carbocycles. The maximum atomic E-state index is 12.7. The van der Waals surface area contributed by atoms with E-state index in [1.165, 1.54) is 23.9 Å². The minimum atomic E-state index is -3.81. The summed E-state index contributed by atoms with van der Waals surface area (Å²) < 4.78 is 25.4. The van der Waals surface area contributed by atoms with E-state index in [9.17, 15) is 13.2 Å². The van der Waals surface area contributed by atoms with Gasteiger partial charge in [-0.3, -0.25) is 4.79 Å². The van der Waals surface area contributed by atoms with E-state index in [4.69, 9.17) is 5.14 Å². The van der Waals surface area contributed by atoms with Crippen molar-refractivity contribution in [3.63, 3.8) is 0 Å². The van der Waals surface area contributed by atoms with E-state index in [0.29, 0.717) is 17.2 Å². The molecule has 31 heavy (non-hydrogen) atoms. The molecule has 0 radical (unpaired) electrons. The number of hydrogen-bond donors (Lipinski definition) is 2. The number of nitrogens with one attached hydrogen (secondary N) is 1. The lowest BCUT2D eigenvalue weighted by molar-refractivity contribution is -0.115. The maximum absolute atomic E-state index is 12.7. The van der Waals surface area contributed by atoms with Gasteiger partial charge in [0.2, 0.25) is 15.9 Å². The standard InChI is InChI=1S/C21H27N5O3S2/c1-5-12-26-19-11-10-17(31(22,28)29)13-18(19)24-21(26)30-14(2)20(27)23-15-6-8-16(9-7-15)25(3)4/h6-11,13-14H,5,12H2,1-4H3,(H,23,27)(H2,22,28,29). The van der Waals surface area contributed by atoms with Gasteiger partial charge in [-0.15, -0.1) is 0 Å². The normalized spacial score (nSPS) is 12.7. The Hall–Kier alpha value is -2.56. The number of benzene rings is 2. The summed E-state index contributed by atoms with van der Waals surface area (Å²) in [6.07, 6.45) is 0.870. The van der Waals surface area contributed by atoms with E-state index in [1.807, 2.05) is 61.7 Å². The van der Waals surface area contributed by atoms with Gasteiger partial charge >= 0.3 is 0 Å². The number of imidazole rings is 1. The molecule has 10 heteroatoms. The van der Waals surface area contributed by atoms with Gasteiger partial charge in [-0.05, 0) is 55.8 Å². The average Bonchev–Trinajstić information content (AvgIpc) is 3.04. The summed E-state index contributed by atoms with van der Waals surface area (Å²) in [6.45, 7) is 4.57. The monoisotopic (exact) mass is 461 g/mol. The molecule has 0 spiro atoms. The fourth-order valence-electron chi connectivity index (χ4n) is 3.09. The van der Waals surface area contributed by atoms with E-state index >= 15 is 0 Å². The van der Waals surface area contributed by atoms with E-state index in [1.54, 1.807) is 6.07 Å². The van der Waals surface area contributed by atoms with Crippen molar-refractivity contribution in [2.75, 3.05) is 24.3 Å². The van der Waals surface area contributed by atoms with Crippen molar-refractivity contribution in [1.82, 2.24) is 9.55 Å². The number of sulfonamides is 1. The lowest BCUT2D eigenvalue weighted by Crippen LogP contribution is -2.23. The van der Waals surface area contributed by atoms with Crippen molar-refractivity contribution < 1.29 is 13.2 Å². The Labute approximate surface area is 186 Å². The van der Waals surface area contributed by atoms with Crippen LogP contribution in [0, 0.1) is 0 Å². The first-order chi connectivity index (χ1) is 14.6. The Kier molecular flexibility index (Phi) is 6.93. The lowest BCUT2D eigenvalue weighted by atomic mass is 10.2. The molecule has 0 aliphatic heterocycles. The number of aromatic nitrogens is 2. The van der Waals surface area contributed by atoms with Crippen LogP contribution in [-0.4, -0.2) is 43.2 Å². The van der Waals surface area contributed by atoms with Crippen LogP contribution in [0.1, 0.15) is 20.3 Å². The summed E-state index contributed by atoms with van der Waals surface area (Å²) in [5.74, 6) is -0.136. The summed E-state index contributed by atoms with van der Waals surface area (Å²) in [6, 6.07) is 12.3. The number of nitrogens with zero attached hydrogens (tertiary/aromatic N) is 3. The fourth-order valence-corrected chi connectivity index (χ4v) is 4.58. The largest absolute Gasteiger partial charge is 0.378 e. The summed E-state index contributed by atoms with van der Waals surface area (Å²) in [7, 11) is 0.105. The number of nitrogens with two attached hydrogens (primary N) is 1. The molecule has 0 aliphatic carbocycles. The second kappa shape index (κ2) is 9.29. The van der Waals surface area contributed by atoms with Gasteiger partial charge in [-0.25, -0.2) is 18.5 Å². The Bertz CT molecular complexity index is 1190. The van der Waals surface area contributed by atoms with Crippen molar-refractivity contribution in [1.29, 1.82) is 0 Å². The molecule has 0 aliphatic rings. The Morgan fingerprint density at radius 3 is 2.48 bits per heavy atom. The molecule has 1 heterocycles. The zero-order valence-corrected chi connectivity index (χ0v) is 19.6. The fraction of sp³-hybridized carbons (Fsp3) is 0.333. The molecule has 1 unspecified atom stereocenters. The first kappa shape index (κ1) is 23.1. The number of aryl methyl sites for hydroxylation is 1. The van der Waals surface area contributed by atoms with E-state index in [0.717, 1.165) is 23.3 Å². The Morgan fingerprint density at radius 1 is 1.23 bits per heavy atom. The Morgan fingerprint density at radius 2 is 1.90 bits per heavy atom. The van der Waals surface area contributed by atoms with Crippen LogP contribution in [0.25, 0.3) is 11.0 Å². The first-order valence-electron chi connectivity index (χ1n) is 9.88. The van der Waals surface area contributed by atoms with Gasteiger partial charge in [0.25, 0.3) is 0 Å². The molecule has 1 amide bonds. The topological polar surface area (TPSA) is 110 Å². The second-order valence-corrected chi connectivity index (χ2v) is 10.3. The van der Waals surface area contributed by atoms with Crippen LogP contribution < -0.4 is 15.4 Å². The van der Waals surface area contributed by atoms with Crippen molar-refractivity contribution in [2.24, 2.45) is 5.14 Å². The predicted octanol–water partition coefficient (Wildman–Crippen LogP) is 3.28. The SMILES string of the molecule is CCCn1c(SC(C)C(=O)Nc2ccc(N(C)C)cc2)nc2cc(S(N)(=O)=O)ccc21. The highest BCUT2D eigenvalue weighted by molar-refractivity contribution is 8.00. The van der Waals surface area contributed by atoms with Crippen LogP contribution in [-0.2, 0) is 21.4 Å². The summed E-state index contributed by atoms with van der Waals surface area (Å²) in [4.78, 5) is 19.3. The van der Waals surface area contributed by atoms with E-state index in [-0.39, 0.29) is 10.8 Å². The molecule has 166 valence electrons. The molecular formula is C21H27N5O3S2. The number of anilines is 2. The van der Waals surface area contributed by atoms with Crippen LogP contribution in [0.2, 0.25) is 0 Å². The van der Waals surface area contributed by atoms with Gasteiger partial charge in [0.1, 0.15) is 0 Å². The first-order valence-corrected chi connectivity index (χ1v) is 12.3. The highest BCUT2D eigenvalue weighted by atomic mass is 32.2. The highest BCUT2D eigenvalue weighted by Gasteiger charge is 2.20. The molecular weight excluding hydrogens is 434 g/mol. The third kappa shape index (κ3) is 5.38. The maximum Gasteiger partial charge on any atom is 0.238 e. The minimum absolute atomic E-state index is 0.0182. The molecule has 0 fully saturated rings. The predicted molar refractivity (Wildman–Crippen MR) is 126 cm³/mol. The number of primary sulfonamides is 1. The van der Waals surface area contributed by atoms with Crippen LogP contribution in [0.4, 0.5) is 11.4 Å². The average molecular weight is 462 g/mol. The van der Waals surface area contributed by atoms with Crippen molar-refractivity contribution in [3.8, 4) is 0 Å². The lowest BCUT2D eigenvalue weighted by Gasteiger charge is -2.15. The quantitative estimate of drug-likeness (QED) is 0.498. The molecule has 3 aromatic rings. The molecule has 3 N–H and O–H groups in total. The van der Waals surface area contributed by atoms with Gasteiger partial charge in [-0.1, -0.05) is 18.7 Å². The molecule has 1 aromatic heterocycles. The minimum Gasteiger partial charge on any atom is -0.378 e. The van der Waals surface area contributed by atoms with Gasteiger partial charge in [-0.2, -0.15) is 0 Å². The number of carbonyl (C=O) groups excluding carboxylic acids is 1. The number of hydrogen-bond acceptors (Lipinski definition) is 6. The van der Waals surface area contributed by atoms with Gasteiger partial charge < -0.3 is 14.8 Å². The van der Waals surface area contributed by atoms with Crippen LogP contribution in [0.15, 0.2) is 52.5 Å². The number of carbonyl (C=O) groups is 1. The Balaban J connectivity index is 1.81.